The number of hydrogen-bond acceptors (Lipinski definition) is 3. The lowest BCUT2D eigenvalue weighted by atomic mass is 10.2. The van der Waals surface area contributed by atoms with Gasteiger partial charge in [0.05, 0.1) is 4.90 Å². The van der Waals surface area contributed by atoms with Gasteiger partial charge in [0.15, 0.2) is 0 Å². The monoisotopic (exact) mass is 304 g/mol. The molecule has 2 nitrogen and oxygen atoms in total. The second-order valence-electron chi connectivity index (χ2n) is 3.18. The molecule has 0 bridgehead atoms. The van der Waals surface area contributed by atoms with E-state index in [1.54, 1.807) is 0 Å². The summed E-state index contributed by atoms with van der Waals surface area (Å²) in [6.07, 6.45) is 0. The number of rotatable bonds is 3. The van der Waals surface area contributed by atoms with E-state index in [0.717, 1.165) is 5.75 Å². The standard InChI is InChI=1S/C11H7Cl3N2S/c12-9-8(10(13)16-11(14)15-9)17-6-7-4-2-1-3-5-7/h1-5H,6H2. The van der Waals surface area contributed by atoms with Gasteiger partial charge in [-0.3, -0.25) is 0 Å². The molecule has 17 heavy (non-hydrogen) atoms. The van der Waals surface area contributed by atoms with Crippen molar-refractivity contribution in [1.29, 1.82) is 0 Å². The molecule has 0 fully saturated rings. The summed E-state index contributed by atoms with van der Waals surface area (Å²) in [4.78, 5) is 8.38. The van der Waals surface area contributed by atoms with Crippen LogP contribution in [-0.4, -0.2) is 9.97 Å². The first-order valence-electron chi connectivity index (χ1n) is 4.72. The minimum absolute atomic E-state index is 0.0593. The van der Waals surface area contributed by atoms with Gasteiger partial charge in [0, 0.05) is 5.75 Å². The molecule has 0 radical (unpaired) electrons. The van der Waals surface area contributed by atoms with Crippen LogP contribution in [0, 0.1) is 0 Å². The Morgan fingerprint density at radius 2 is 1.53 bits per heavy atom. The van der Waals surface area contributed by atoms with Crippen molar-refractivity contribution in [3.63, 3.8) is 0 Å². The van der Waals surface area contributed by atoms with Gasteiger partial charge in [-0.1, -0.05) is 53.5 Å². The average molecular weight is 306 g/mol. The average Bonchev–Trinajstić information content (AvgIpc) is 2.29. The Balaban J connectivity index is 2.15. The molecular formula is C11H7Cl3N2S. The van der Waals surface area contributed by atoms with Crippen LogP contribution in [0.3, 0.4) is 0 Å². The summed E-state index contributed by atoms with van der Waals surface area (Å²) in [7, 11) is 0. The second kappa shape index (κ2) is 5.91. The predicted molar refractivity (Wildman–Crippen MR) is 73.1 cm³/mol. The molecule has 0 unspecified atom stereocenters. The van der Waals surface area contributed by atoms with Crippen molar-refractivity contribution >= 4 is 46.6 Å². The van der Waals surface area contributed by atoms with Gasteiger partial charge in [0.2, 0.25) is 5.28 Å². The summed E-state index contributed by atoms with van der Waals surface area (Å²) in [5.74, 6) is 0.755. The largest absolute Gasteiger partial charge is 0.225 e. The molecule has 0 aliphatic rings. The maximum atomic E-state index is 5.96. The van der Waals surface area contributed by atoms with E-state index in [-0.39, 0.29) is 15.6 Å². The molecule has 0 spiro atoms. The zero-order valence-electron chi connectivity index (χ0n) is 8.53. The number of hydrogen-bond donors (Lipinski definition) is 0. The van der Waals surface area contributed by atoms with E-state index in [2.05, 4.69) is 9.97 Å². The van der Waals surface area contributed by atoms with Crippen LogP contribution in [0.4, 0.5) is 0 Å². The zero-order valence-corrected chi connectivity index (χ0v) is 11.6. The first-order chi connectivity index (χ1) is 8.16. The molecule has 0 atom stereocenters. The van der Waals surface area contributed by atoms with E-state index in [0.29, 0.717) is 4.90 Å². The maximum Gasteiger partial charge on any atom is 0.225 e. The summed E-state index contributed by atoms with van der Waals surface area (Å²) in [5, 5.41) is 0.635. The van der Waals surface area contributed by atoms with E-state index in [1.165, 1.54) is 17.3 Å². The quantitative estimate of drug-likeness (QED) is 0.466. The van der Waals surface area contributed by atoms with Crippen molar-refractivity contribution in [3.05, 3.63) is 51.5 Å². The summed E-state index contributed by atoms with van der Waals surface area (Å²) >= 11 is 19.0. The highest BCUT2D eigenvalue weighted by Gasteiger charge is 2.11. The van der Waals surface area contributed by atoms with Crippen molar-refractivity contribution in [3.8, 4) is 0 Å². The lowest BCUT2D eigenvalue weighted by molar-refractivity contribution is 1.10. The fourth-order valence-corrected chi connectivity index (χ4v) is 3.03. The Labute approximate surface area is 118 Å². The van der Waals surface area contributed by atoms with E-state index in [1.807, 2.05) is 30.3 Å². The van der Waals surface area contributed by atoms with Gasteiger partial charge < -0.3 is 0 Å². The summed E-state index contributed by atoms with van der Waals surface area (Å²) in [5.41, 5.74) is 1.18. The van der Waals surface area contributed by atoms with Crippen LogP contribution in [0.1, 0.15) is 5.56 Å². The van der Waals surface area contributed by atoms with Crippen molar-refractivity contribution in [2.75, 3.05) is 0 Å². The van der Waals surface area contributed by atoms with Crippen molar-refractivity contribution < 1.29 is 0 Å². The van der Waals surface area contributed by atoms with E-state index >= 15 is 0 Å². The lowest BCUT2D eigenvalue weighted by Gasteiger charge is -2.05. The molecule has 0 saturated carbocycles. The van der Waals surface area contributed by atoms with Gasteiger partial charge in [-0.15, -0.1) is 11.8 Å². The minimum Gasteiger partial charge on any atom is -0.205 e. The van der Waals surface area contributed by atoms with E-state index in [4.69, 9.17) is 34.8 Å². The van der Waals surface area contributed by atoms with Crippen LogP contribution in [-0.2, 0) is 5.75 Å². The molecule has 0 aliphatic heterocycles. The Kier molecular flexibility index (Phi) is 4.51. The van der Waals surface area contributed by atoms with Crippen LogP contribution >= 0.6 is 46.6 Å². The molecule has 0 N–H and O–H groups in total. The molecule has 2 rings (SSSR count). The third kappa shape index (κ3) is 3.49. The highest BCUT2D eigenvalue weighted by Crippen LogP contribution is 2.34. The van der Waals surface area contributed by atoms with Gasteiger partial charge in [-0.25, -0.2) is 9.97 Å². The Bertz CT molecular complexity index is 496. The van der Waals surface area contributed by atoms with Gasteiger partial charge in [0.1, 0.15) is 10.3 Å². The first kappa shape index (κ1) is 13.0. The maximum absolute atomic E-state index is 5.96. The third-order valence-corrected chi connectivity index (χ3v) is 4.07. The lowest BCUT2D eigenvalue weighted by Crippen LogP contribution is -1.89. The number of halogens is 3. The number of thioether (sulfide) groups is 1. The smallest absolute Gasteiger partial charge is 0.205 e. The highest BCUT2D eigenvalue weighted by molar-refractivity contribution is 7.98. The number of aromatic nitrogens is 2. The minimum atomic E-state index is 0.0593. The van der Waals surface area contributed by atoms with Gasteiger partial charge in [0.25, 0.3) is 0 Å². The molecular weight excluding hydrogens is 299 g/mol. The number of nitrogens with zero attached hydrogens (tertiary/aromatic N) is 2. The summed E-state index contributed by atoms with van der Waals surface area (Å²) in [6, 6.07) is 10.0. The molecule has 1 aromatic heterocycles. The van der Waals surface area contributed by atoms with Gasteiger partial charge in [-0.2, -0.15) is 0 Å². The first-order valence-corrected chi connectivity index (χ1v) is 6.84. The molecule has 88 valence electrons. The van der Waals surface area contributed by atoms with Gasteiger partial charge >= 0.3 is 0 Å². The topological polar surface area (TPSA) is 25.8 Å². The molecule has 1 aromatic carbocycles. The highest BCUT2D eigenvalue weighted by atomic mass is 35.5. The fourth-order valence-electron chi connectivity index (χ4n) is 1.22. The molecule has 2 aromatic rings. The van der Waals surface area contributed by atoms with E-state index < -0.39 is 0 Å². The summed E-state index contributed by atoms with van der Waals surface area (Å²) < 4.78 is 0. The Morgan fingerprint density at radius 1 is 0.941 bits per heavy atom. The second-order valence-corrected chi connectivity index (χ2v) is 5.22. The van der Waals surface area contributed by atoms with Crippen LogP contribution in [0.25, 0.3) is 0 Å². The fraction of sp³-hybridized carbons (Fsp3) is 0.0909. The molecule has 0 saturated heterocycles. The molecule has 0 aliphatic carbocycles. The van der Waals surface area contributed by atoms with Crippen LogP contribution in [0.15, 0.2) is 35.2 Å². The number of benzene rings is 1. The predicted octanol–water partition coefficient (Wildman–Crippen LogP) is 4.73. The van der Waals surface area contributed by atoms with Crippen LogP contribution < -0.4 is 0 Å². The van der Waals surface area contributed by atoms with Crippen LogP contribution in [0.5, 0.6) is 0 Å². The van der Waals surface area contributed by atoms with Crippen molar-refractivity contribution in [2.45, 2.75) is 10.6 Å². The Hall–Kier alpha value is -0.480. The summed E-state index contributed by atoms with van der Waals surface area (Å²) in [6.45, 7) is 0. The third-order valence-electron chi connectivity index (χ3n) is 1.98. The molecule has 1 heterocycles. The zero-order chi connectivity index (χ0) is 12.3. The van der Waals surface area contributed by atoms with E-state index in [9.17, 15) is 0 Å². The SMILES string of the molecule is Clc1nc(Cl)c(SCc2ccccc2)c(Cl)n1. The van der Waals surface area contributed by atoms with Crippen molar-refractivity contribution in [1.82, 2.24) is 9.97 Å². The molecule has 6 heteroatoms. The van der Waals surface area contributed by atoms with Crippen LogP contribution in [0.2, 0.25) is 15.6 Å². The normalized spacial score (nSPS) is 10.5. The van der Waals surface area contributed by atoms with Crippen molar-refractivity contribution in [2.24, 2.45) is 0 Å². The molecule has 0 amide bonds. The Morgan fingerprint density at radius 3 is 2.12 bits per heavy atom. The van der Waals surface area contributed by atoms with Gasteiger partial charge in [-0.05, 0) is 17.2 Å².